The molecular weight excluding hydrogens is 544 g/mol. The molecule has 1 N–H and O–H groups in total. The lowest BCUT2D eigenvalue weighted by molar-refractivity contribution is -0.129. The van der Waals surface area contributed by atoms with E-state index < -0.39 is 0 Å². The van der Waals surface area contributed by atoms with Gasteiger partial charge in [0.2, 0.25) is 11.9 Å². The number of amides is 3. The molecule has 3 aliphatic rings. The van der Waals surface area contributed by atoms with Crippen molar-refractivity contribution in [2.24, 2.45) is 0 Å². The van der Waals surface area contributed by atoms with Crippen LogP contribution in [0.25, 0.3) is 0 Å². The van der Waals surface area contributed by atoms with E-state index in [1.165, 1.54) is 11.3 Å². The van der Waals surface area contributed by atoms with Gasteiger partial charge in [-0.15, -0.1) is 0 Å². The number of nitrogens with one attached hydrogen (secondary N) is 1. The highest BCUT2D eigenvalue weighted by molar-refractivity contribution is 6.06. The lowest BCUT2D eigenvalue weighted by Crippen LogP contribution is -2.53. The maximum Gasteiger partial charge on any atom is 0.330 e. The van der Waals surface area contributed by atoms with Crippen molar-refractivity contribution in [3.63, 3.8) is 0 Å². The molecule has 1 atom stereocenters. The summed E-state index contributed by atoms with van der Waals surface area (Å²) in [5.74, 6) is 1.84. The number of aromatic nitrogens is 2. The highest BCUT2D eigenvalue weighted by Crippen LogP contribution is 2.35. The predicted octanol–water partition coefficient (Wildman–Crippen LogP) is 4.25. The van der Waals surface area contributed by atoms with Crippen LogP contribution in [0.15, 0.2) is 48.7 Å². The van der Waals surface area contributed by atoms with Crippen LogP contribution in [0, 0.1) is 6.92 Å². The molecule has 2 saturated heterocycles. The molecule has 43 heavy (non-hydrogen) atoms. The van der Waals surface area contributed by atoms with E-state index in [4.69, 9.17) is 9.72 Å². The lowest BCUT2D eigenvalue weighted by Gasteiger charge is -2.39. The normalized spacial score (nSPS) is 19.1. The monoisotopic (exact) mass is 584 g/mol. The van der Waals surface area contributed by atoms with Crippen LogP contribution in [0.3, 0.4) is 0 Å². The van der Waals surface area contributed by atoms with Gasteiger partial charge in [0.05, 0.1) is 19.7 Å². The van der Waals surface area contributed by atoms with Gasteiger partial charge in [0.15, 0.2) is 0 Å². The van der Waals surface area contributed by atoms with Gasteiger partial charge in [-0.25, -0.2) is 9.78 Å². The van der Waals surface area contributed by atoms with Gasteiger partial charge in [0.25, 0.3) is 0 Å². The lowest BCUT2D eigenvalue weighted by atomic mass is 10.1. The molecule has 0 saturated carbocycles. The molecule has 0 radical (unpaired) electrons. The van der Waals surface area contributed by atoms with E-state index in [9.17, 15) is 9.59 Å². The smallest absolute Gasteiger partial charge is 0.330 e. The second-order valence-electron chi connectivity index (χ2n) is 11.5. The van der Waals surface area contributed by atoms with Gasteiger partial charge in [-0.05, 0) is 68.4 Å². The van der Waals surface area contributed by atoms with Gasteiger partial charge in [-0.2, -0.15) is 4.98 Å². The van der Waals surface area contributed by atoms with Gasteiger partial charge in [0.1, 0.15) is 11.6 Å². The minimum atomic E-state index is -0.185. The standard InChI is InChI=1S/C32H40N8O3/c1-5-29(41)38-13-12-26(21-38)40-30-23(20-39(32(40)42)25-7-9-27(43-4)10-8-25)19-33-31(35-30)34-24-6-11-28(22(2)18-24)37-16-14-36(3)15-17-37/h6-11,18-19,26H,5,12-17,20-21H2,1-4H3,(H,33,34,35)/t26-/m0/s1. The number of ether oxygens (including phenoxy) is 1. The quantitative estimate of drug-likeness (QED) is 0.441. The minimum absolute atomic E-state index is 0.0969. The molecule has 4 heterocycles. The molecule has 226 valence electrons. The van der Waals surface area contributed by atoms with Crippen molar-refractivity contribution >= 4 is 40.8 Å². The number of carbonyl (C=O) groups excluding carboxylic acids is 2. The zero-order valence-electron chi connectivity index (χ0n) is 25.4. The molecule has 11 nitrogen and oxygen atoms in total. The van der Waals surface area contributed by atoms with E-state index in [2.05, 4.69) is 52.3 Å². The number of likely N-dealkylation sites (tertiary alicyclic amines) is 1. The number of aryl methyl sites for hydroxylation is 1. The number of anilines is 5. The molecule has 0 bridgehead atoms. The van der Waals surface area contributed by atoms with Crippen LogP contribution in [0.5, 0.6) is 5.75 Å². The molecule has 1 aromatic heterocycles. The first-order valence-electron chi connectivity index (χ1n) is 15.0. The van der Waals surface area contributed by atoms with Crippen LogP contribution in [-0.4, -0.2) is 91.2 Å². The van der Waals surface area contributed by atoms with Crippen molar-refractivity contribution in [2.75, 3.05) is 73.4 Å². The Hall–Kier alpha value is -4.38. The Kier molecular flexibility index (Phi) is 8.07. The summed E-state index contributed by atoms with van der Waals surface area (Å²) in [6.45, 7) is 9.58. The Balaban J connectivity index is 1.28. The molecule has 0 aliphatic carbocycles. The maximum absolute atomic E-state index is 14.1. The van der Waals surface area contributed by atoms with Crippen molar-refractivity contribution in [1.82, 2.24) is 19.8 Å². The summed E-state index contributed by atoms with van der Waals surface area (Å²) in [6.07, 6.45) is 2.93. The average molecular weight is 585 g/mol. The largest absolute Gasteiger partial charge is 0.497 e. The van der Waals surface area contributed by atoms with Crippen molar-refractivity contribution in [1.29, 1.82) is 0 Å². The maximum atomic E-state index is 14.1. The van der Waals surface area contributed by atoms with E-state index >= 15 is 0 Å². The van der Waals surface area contributed by atoms with E-state index in [0.717, 1.165) is 48.9 Å². The highest BCUT2D eigenvalue weighted by Gasteiger charge is 2.41. The third kappa shape index (κ3) is 5.81. The molecule has 2 aromatic carbocycles. The highest BCUT2D eigenvalue weighted by atomic mass is 16.5. The second-order valence-corrected chi connectivity index (χ2v) is 11.5. The summed E-state index contributed by atoms with van der Waals surface area (Å²) in [5.41, 5.74) is 4.94. The van der Waals surface area contributed by atoms with Crippen molar-refractivity contribution < 1.29 is 14.3 Å². The summed E-state index contributed by atoms with van der Waals surface area (Å²) in [4.78, 5) is 46.3. The predicted molar refractivity (Wildman–Crippen MR) is 169 cm³/mol. The van der Waals surface area contributed by atoms with Crippen molar-refractivity contribution in [3.05, 3.63) is 59.8 Å². The van der Waals surface area contributed by atoms with E-state index in [1.807, 2.05) is 36.1 Å². The van der Waals surface area contributed by atoms with Crippen LogP contribution >= 0.6 is 0 Å². The Morgan fingerprint density at radius 2 is 1.84 bits per heavy atom. The number of hydrogen-bond acceptors (Lipinski definition) is 8. The fourth-order valence-electron chi connectivity index (χ4n) is 6.20. The number of fused-ring (bicyclic) bond motifs is 1. The SMILES string of the molecule is CCC(=O)N1CC[C@H](N2C(=O)N(c3ccc(OC)cc3)Cc3cnc(Nc4ccc(N5CCN(C)CC5)c(C)c4)nc32)C1. The van der Waals surface area contributed by atoms with Gasteiger partial charge in [-0.1, -0.05) is 6.92 Å². The van der Waals surface area contributed by atoms with Crippen LogP contribution in [0.1, 0.15) is 30.9 Å². The fraction of sp³-hybridized carbons (Fsp3) is 0.438. The van der Waals surface area contributed by atoms with Crippen LogP contribution in [0.2, 0.25) is 0 Å². The first kappa shape index (κ1) is 28.7. The molecule has 3 amide bonds. The van der Waals surface area contributed by atoms with E-state index in [0.29, 0.717) is 44.2 Å². The summed E-state index contributed by atoms with van der Waals surface area (Å²) < 4.78 is 5.31. The Morgan fingerprint density at radius 3 is 2.53 bits per heavy atom. The number of urea groups is 1. The number of hydrogen-bond donors (Lipinski definition) is 1. The summed E-state index contributed by atoms with van der Waals surface area (Å²) in [5, 5.41) is 3.37. The van der Waals surface area contributed by atoms with Crippen LogP contribution in [-0.2, 0) is 11.3 Å². The number of piperazine rings is 1. The molecule has 3 aliphatic heterocycles. The summed E-state index contributed by atoms with van der Waals surface area (Å²) in [6, 6.07) is 13.4. The molecule has 2 fully saturated rings. The average Bonchev–Trinajstić information content (AvgIpc) is 3.51. The van der Waals surface area contributed by atoms with E-state index in [1.54, 1.807) is 23.1 Å². The van der Waals surface area contributed by atoms with Crippen molar-refractivity contribution in [2.45, 2.75) is 39.3 Å². The minimum Gasteiger partial charge on any atom is -0.497 e. The molecule has 6 rings (SSSR count). The van der Waals surface area contributed by atoms with Gasteiger partial charge < -0.3 is 24.8 Å². The second kappa shape index (κ2) is 12.1. The number of likely N-dealkylation sites (N-methyl/N-ethyl adjacent to an activating group) is 1. The van der Waals surface area contributed by atoms with Gasteiger partial charge in [-0.3, -0.25) is 14.6 Å². The number of carbonyl (C=O) groups is 2. The number of methoxy groups -OCH3 is 1. The van der Waals surface area contributed by atoms with Crippen molar-refractivity contribution in [3.8, 4) is 5.75 Å². The molecule has 3 aromatic rings. The zero-order valence-corrected chi connectivity index (χ0v) is 25.4. The zero-order chi connectivity index (χ0) is 30.1. The third-order valence-electron chi connectivity index (χ3n) is 8.70. The topological polar surface area (TPSA) is 97.4 Å². The molecule has 11 heteroatoms. The molecular formula is C32H40N8O3. The Morgan fingerprint density at radius 1 is 1.07 bits per heavy atom. The van der Waals surface area contributed by atoms with E-state index in [-0.39, 0.29) is 18.0 Å². The van der Waals surface area contributed by atoms with Crippen LogP contribution in [0.4, 0.5) is 33.6 Å². The Bertz CT molecular complexity index is 1490. The third-order valence-corrected chi connectivity index (χ3v) is 8.70. The first-order chi connectivity index (χ1) is 20.8. The summed E-state index contributed by atoms with van der Waals surface area (Å²) in [7, 11) is 3.78. The number of nitrogens with zero attached hydrogens (tertiary/aromatic N) is 7. The summed E-state index contributed by atoms with van der Waals surface area (Å²) >= 11 is 0. The number of rotatable bonds is 7. The molecule has 0 unspecified atom stereocenters. The number of benzene rings is 2. The molecule has 0 spiro atoms. The van der Waals surface area contributed by atoms with Gasteiger partial charge in [0, 0.05) is 74.5 Å². The van der Waals surface area contributed by atoms with Gasteiger partial charge >= 0.3 is 6.03 Å². The van der Waals surface area contributed by atoms with Crippen LogP contribution < -0.4 is 24.8 Å². The fourth-order valence-corrected chi connectivity index (χ4v) is 6.20. The Labute approximate surface area is 253 Å². The first-order valence-corrected chi connectivity index (χ1v) is 15.0.